The van der Waals surface area contributed by atoms with Crippen LogP contribution >= 0.6 is 0 Å². The third kappa shape index (κ3) is 6.07. The topological polar surface area (TPSA) is 118 Å². The zero-order chi connectivity index (χ0) is 27.1. The molecule has 3 heterocycles. The van der Waals surface area contributed by atoms with E-state index in [1.54, 1.807) is 20.3 Å². The number of likely N-dealkylation sites (tertiary alicyclic amines) is 1. The Bertz CT molecular complexity index is 1010. The molecule has 3 aliphatic heterocycles. The van der Waals surface area contributed by atoms with Crippen LogP contribution in [0.5, 0.6) is 11.5 Å². The Kier molecular flexibility index (Phi) is 9.49. The molecule has 3 amide bonds. The lowest BCUT2D eigenvalue weighted by atomic mass is 9.87. The predicted molar refractivity (Wildman–Crippen MR) is 140 cm³/mol. The van der Waals surface area contributed by atoms with Crippen molar-refractivity contribution in [2.45, 2.75) is 75.9 Å². The highest BCUT2D eigenvalue weighted by Crippen LogP contribution is 2.41. The maximum Gasteiger partial charge on any atom is 0.342 e. The van der Waals surface area contributed by atoms with Crippen LogP contribution in [0.25, 0.3) is 0 Å². The molecule has 0 aliphatic carbocycles. The normalized spacial score (nSPS) is 20.6. The fourth-order valence-electron chi connectivity index (χ4n) is 5.85. The van der Waals surface area contributed by atoms with E-state index >= 15 is 0 Å². The maximum absolute atomic E-state index is 12.7. The number of unbranched alkanes of at least 4 members (excludes halogenated alkanes) is 6. The standard InChI is InChI=1S/C28H41N3O7/c1-36-20-18-21-22(38-25(33)24(21)23(19-20)37-2)10-8-6-4-3-5-7-9-13-30-14-11-28(12-15-30)26(34)31(16-17-32)27(35)29-28/h18-19,22,32H,3-17H2,1-2H3,(H,29,35)/t22-/m1/s1. The minimum atomic E-state index is -0.778. The average molecular weight is 532 g/mol. The first-order valence-corrected chi connectivity index (χ1v) is 13.9. The molecule has 0 radical (unpaired) electrons. The van der Waals surface area contributed by atoms with Gasteiger partial charge in [-0.05, 0) is 44.7 Å². The Hall–Kier alpha value is -2.85. The number of methoxy groups -OCH3 is 2. The van der Waals surface area contributed by atoms with E-state index in [1.807, 2.05) is 6.07 Å². The third-order valence-electron chi connectivity index (χ3n) is 8.08. The number of carbonyl (C=O) groups is 3. The molecule has 2 N–H and O–H groups in total. The summed E-state index contributed by atoms with van der Waals surface area (Å²) in [5, 5.41) is 12.0. The van der Waals surface area contributed by atoms with Crippen molar-refractivity contribution >= 4 is 17.9 Å². The smallest absolute Gasteiger partial charge is 0.342 e. The number of piperidine rings is 1. The summed E-state index contributed by atoms with van der Waals surface area (Å²) in [6, 6.07) is 3.21. The van der Waals surface area contributed by atoms with Crippen molar-refractivity contribution < 1.29 is 33.7 Å². The number of hydrogen-bond donors (Lipinski definition) is 2. The monoisotopic (exact) mass is 531 g/mol. The van der Waals surface area contributed by atoms with Crippen LogP contribution in [0.4, 0.5) is 4.79 Å². The van der Waals surface area contributed by atoms with Gasteiger partial charge in [-0.15, -0.1) is 0 Å². The number of nitrogens with zero attached hydrogens (tertiary/aromatic N) is 2. The number of β-amino-alcohol motifs (C(OH)–C–C–N with tert-alkyl or cyclic N) is 1. The third-order valence-corrected chi connectivity index (χ3v) is 8.08. The second-order valence-electron chi connectivity index (χ2n) is 10.5. The first-order valence-electron chi connectivity index (χ1n) is 13.9. The molecule has 4 rings (SSSR count). The summed E-state index contributed by atoms with van der Waals surface area (Å²) in [6.07, 6.45) is 9.75. The average Bonchev–Trinajstić information content (AvgIpc) is 3.36. The lowest BCUT2D eigenvalue weighted by molar-refractivity contribution is -0.133. The van der Waals surface area contributed by atoms with Gasteiger partial charge in [0.1, 0.15) is 28.7 Å². The summed E-state index contributed by atoms with van der Waals surface area (Å²) in [7, 11) is 3.15. The number of fused-ring (bicyclic) bond motifs is 1. The molecule has 2 fully saturated rings. The zero-order valence-electron chi connectivity index (χ0n) is 22.6. The number of cyclic esters (lactones) is 1. The van der Waals surface area contributed by atoms with Crippen LogP contribution in [0.1, 0.15) is 86.2 Å². The van der Waals surface area contributed by atoms with Crippen LogP contribution < -0.4 is 14.8 Å². The minimum Gasteiger partial charge on any atom is -0.497 e. The van der Waals surface area contributed by atoms with Gasteiger partial charge in [0.2, 0.25) is 0 Å². The van der Waals surface area contributed by atoms with Crippen LogP contribution in [0.2, 0.25) is 0 Å². The van der Waals surface area contributed by atoms with Crippen molar-refractivity contribution in [2.24, 2.45) is 0 Å². The fourth-order valence-corrected chi connectivity index (χ4v) is 5.85. The van der Waals surface area contributed by atoms with E-state index in [4.69, 9.17) is 19.3 Å². The molecule has 3 aliphatic rings. The van der Waals surface area contributed by atoms with E-state index in [-0.39, 0.29) is 37.2 Å². The number of amides is 3. The van der Waals surface area contributed by atoms with E-state index in [0.717, 1.165) is 62.2 Å². The molecule has 1 spiro atoms. The lowest BCUT2D eigenvalue weighted by Crippen LogP contribution is -2.55. The molecule has 1 atom stereocenters. The highest BCUT2D eigenvalue weighted by Gasteiger charge is 2.51. The summed E-state index contributed by atoms with van der Waals surface area (Å²) in [6.45, 7) is 2.45. The molecule has 10 heteroatoms. The van der Waals surface area contributed by atoms with Gasteiger partial charge in [-0.3, -0.25) is 9.69 Å². The van der Waals surface area contributed by atoms with E-state index < -0.39 is 5.54 Å². The second kappa shape index (κ2) is 12.8. The highest BCUT2D eigenvalue weighted by molar-refractivity contribution is 6.07. The van der Waals surface area contributed by atoms with Gasteiger partial charge < -0.3 is 29.5 Å². The van der Waals surface area contributed by atoms with Crippen LogP contribution in [-0.4, -0.2) is 85.4 Å². The Morgan fingerprint density at radius 1 is 0.974 bits per heavy atom. The van der Waals surface area contributed by atoms with Gasteiger partial charge in [0.05, 0.1) is 27.4 Å². The number of urea groups is 1. The quantitative estimate of drug-likeness (QED) is 0.213. The van der Waals surface area contributed by atoms with Crippen LogP contribution in [0.15, 0.2) is 12.1 Å². The van der Waals surface area contributed by atoms with Gasteiger partial charge in [0.25, 0.3) is 5.91 Å². The molecule has 0 aromatic heterocycles. The van der Waals surface area contributed by atoms with E-state index in [2.05, 4.69) is 10.2 Å². The van der Waals surface area contributed by atoms with Crippen molar-refractivity contribution in [2.75, 3.05) is 47.0 Å². The fraction of sp³-hybridized carbons (Fsp3) is 0.679. The Morgan fingerprint density at radius 2 is 1.66 bits per heavy atom. The number of aliphatic hydroxyl groups is 1. The Labute approximate surface area is 224 Å². The van der Waals surface area contributed by atoms with Crippen molar-refractivity contribution in [1.29, 1.82) is 0 Å². The highest BCUT2D eigenvalue weighted by atomic mass is 16.6. The lowest BCUT2D eigenvalue weighted by Gasteiger charge is -2.37. The molecule has 1 aromatic carbocycles. The van der Waals surface area contributed by atoms with E-state index in [1.165, 1.54) is 19.3 Å². The predicted octanol–water partition coefficient (Wildman–Crippen LogP) is 3.41. The number of benzene rings is 1. The van der Waals surface area contributed by atoms with Crippen LogP contribution in [0.3, 0.4) is 0 Å². The molecule has 0 bridgehead atoms. The number of rotatable bonds is 14. The molecule has 0 saturated carbocycles. The van der Waals surface area contributed by atoms with Crippen LogP contribution in [0, 0.1) is 0 Å². The number of hydrogen-bond acceptors (Lipinski definition) is 8. The van der Waals surface area contributed by atoms with Crippen molar-refractivity contribution in [3.63, 3.8) is 0 Å². The number of carbonyl (C=O) groups excluding carboxylic acids is 3. The van der Waals surface area contributed by atoms with Gasteiger partial charge in [-0.2, -0.15) is 0 Å². The molecule has 0 unspecified atom stereocenters. The molecular weight excluding hydrogens is 490 g/mol. The SMILES string of the molecule is COc1cc(OC)c2c(c1)[C@@H](CCCCCCCCCN1CCC3(CC1)NC(=O)N(CCO)C3=O)OC2=O. The van der Waals surface area contributed by atoms with Gasteiger partial charge >= 0.3 is 12.0 Å². The number of esters is 1. The second-order valence-corrected chi connectivity index (χ2v) is 10.5. The van der Waals surface area contributed by atoms with Crippen molar-refractivity contribution in [3.05, 3.63) is 23.3 Å². The van der Waals surface area contributed by atoms with Crippen molar-refractivity contribution in [3.8, 4) is 11.5 Å². The number of nitrogens with one attached hydrogen (secondary N) is 1. The minimum absolute atomic E-state index is 0.0581. The first kappa shape index (κ1) is 28.2. The summed E-state index contributed by atoms with van der Waals surface area (Å²) in [4.78, 5) is 40.6. The zero-order valence-corrected chi connectivity index (χ0v) is 22.6. The Balaban J connectivity index is 1.07. The number of ether oxygens (including phenoxy) is 3. The molecule has 10 nitrogen and oxygen atoms in total. The van der Waals surface area contributed by atoms with Gasteiger partial charge in [-0.25, -0.2) is 9.59 Å². The number of aliphatic hydroxyl groups excluding tert-OH is 1. The summed E-state index contributed by atoms with van der Waals surface area (Å²) in [5.41, 5.74) is 0.599. The van der Waals surface area contributed by atoms with Crippen LogP contribution in [-0.2, 0) is 9.53 Å². The van der Waals surface area contributed by atoms with Gasteiger partial charge in [0, 0.05) is 24.7 Å². The van der Waals surface area contributed by atoms with Gasteiger partial charge in [-0.1, -0.05) is 32.1 Å². The summed E-state index contributed by atoms with van der Waals surface area (Å²) in [5.74, 6) is 0.651. The number of imide groups is 1. The Morgan fingerprint density at radius 3 is 2.32 bits per heavy atom. The molecule has 210 valence electrons. The molecule has 1 aromatic rings. The van der Waals surface area contributed by atoms with E-state index in [0.29, 0.717) is 29.9 Å². The van der Waals surface area contributed by atoms with Crippen molar-refractivity contribution in [1.82, 2.24) is 15.1 Å². The van der Waals surface area contributed by atoms with E-state index in [9.17, 15) is 14.4 Å². The summed E-state index contributed by atoms with van der Waals surface area (Å²) >= 11 is 0. The molecule has 38 heavy (non-hydrogen) atoms. The molecular formula is C28H41N3O7. The first-order chi connectivity index (χ1) is 18.4. The summed E-state index contributed by atoms with van der Waals surface area (Å²) < 4.78 is 16.3. The molecule has 2 saturated heterocycles. The largest absolute Gasteiger partial charge is 0.497 e. The van der Waals surface area contributed by atoms with Gasteiger partial charge in [0.15, 0.2) is 0 Å². The maximum atomic E-state index is 12.7.